The third-order valence-electron chi connectivity index (χ3n) is 2.95. The maximum atomic E-state index is 11.7. The van der Waals surface area contributed by atoms with E-state index in [4.69, 9.17) is 0 Å². The van der Waals surface area contributed by atoms with E-state index in [1.807, 2.05) is 18.2 Å². The Balaban J connectivity index is 1.74. The van der Waals surface area contributed by atoms with Crippen molar-refractivity contribution in [3.63, 3.8) is 0 Å². The van der Waals surface area contributed by atoms with Gasteiger partial charge in [0.25, 0.3) is 0 Å². The highest BCUT2D eigenvalue weighted by Crippen LogP contribution is 2.17. The Kier molecular flexibility index (Phi) is 3.75. The van der Waals surface area contributed by atoms with Gasteiger partial charge in [0.05, 0.1) is 6.54 Å². The van der Waals surface area contributed by atoms with Crippen LogP contribution in [0.5, 0.6) is 0 Å². The number of nitrogens with one attached hydrogen (secondary N) is 2. The predicted octanol–water partition coefficient (Wildman–Crippen LogP) is 1.72. The van der Waals surface area contributed by atoms with Gasteiger partial charge in [0, 0.05) is 11.6 Å². The van der Waals surface area contributed by atoms with Gasteiger partial charge in [0.15, 0.2) is 5.78 Å². The second kappa shape index (κ2) is 5.48. The summed E-state index contributed by atoms with van der Waals surface area (Å²) in [6.45, 7) is 0.0442. The molecule has 1 fully saturated rings. The third kappa shape index (κ3) is 3.31. The van der Waals surface area contributed by atoms with Crippen LogP contribution in [0.1, 0.15) is 29.6 Å². The van der Waals surface area contributed by atoms with Gasteiger partial charge in [0.1, 0.15) is 0 Å². The smallest absolute Gasteiger partial charge is 0.315 e. The minimum atomic E-state index is -0.251. The van der Waals surface area contributed by atoms with Crippen LogP contribution in [0.4, 0.5) is 4.79 Å². The highest BCUT2D eigenvalue weighted by Gasteiger charge is 2.19. The summed E-state index contributed by atoms with van der Waals surface area (Å²) in [7, 11) is 0. The second-order valence-electron chi connectivity index (χ2n) is 4.24. The molecule has 0 unspecified atom stereocenters. The minimum Gasteiger partial charge on any atom is -0.335 e. The lowest BCUT2D eigenvalue weighted by molar-refractivity contribution is 0.0991. The van der Waals surface area contributed by atoms with Crippen molar-refractivity contribution in [3.8, 4) is 0 Å². The van der Waals surface area contributed by atoms with Crippen molar-refractivity contribution in [1.82, 2.24) is 10.6 Å². The molecule has 2 N–H and O–H groups in total. The zero-order chi connectivity index (χ0) is 12.1. The average Bonchev–Trinajstić information content (AvgIpc) is 2.32. The van der Waals surface area contributed by atoms with Crippen LogP contribution in [0, 0.1) is 0 Å². The van der Waals surface area contributed by atoms with Gasteiger partial charge in [-0.1, -0.05) is 30.3 Å². The van der Waals surface area contributed by atoms with Crippen LogP contribution in [0.2, 0.25) is 0 Å². The molecule has 0 bridgehead atoms. The molecule has 17 heavy (non-hydrogen) atoms. The van der Waals surface area contributed by atoms with Crippen LogP contribution < -0.4 is 10.6 Å². The second-order valence-corrected chi connectivity index (χ2v) is 4.24. The summed E-state index contributed by atoms with van der Waals surface area (Å²) in [4.78, 5) is 23.1. The van der Waals surface area contributed by atoms with Crippen molar-refractivity contribution < 1.29 is 9.59 Å². The lowest BCUT2D eigenvalue weighted by Crippen LogP contribution is -2.46. The molecule has 1 saturated carbocycles. The maximum Gasteiger partial charge on any atom is 0.315 e. The van der Waals surface area contributed by atoms with Crippen molar-refractivity contribution in [2.75, 3.05) is 6.54 Å². The van der Waals surface area contributed by atoms with Gasteiger partial charge in [-0.05, 0) is 19.3 Å². The van der Waals surface area contributed by atoms with E-state index in [-0.39, 0.29) is 18.4 Å². The first-order chi connectivity index (χ1) is 8.25. The van der Waals surface area contributed by atoms with Gasteiger partial charge in [-0.2, -0.15) is 0 Å². The molecule has 1 aromatic rings. The average molecular weight is 232 g/mol. The van der Waals surface area contributed by atoms with E-state index in [1.165, 1.54) is 6.42 Å². The Labute approximate surface area is 100 Å². The zero-order valence-corrected chi connectivity index (χ0v) is 9.61. The fourth-order valence-corrected chi connectivity index (χ4v) is 1.68. The molecule has 1 aromatic carbocycles. The number of carbonyl (C=O) groups is 2. The molecule has 0 saturated heterocycles. The largest absolute Gasteiger partial charge is 0.335 e. The summed E-state index contributed by atoms with van der Waals surface area (Å²) in [6, 6.07) is 9.00. The molecule has 1 aliphatic carbocycles. The van der Waals surface area contributed by atoms with E-state index >= 15 is 0 Å². The van der Waals surface area contributed by atoms with Crippen molar-refractivity contribution in [1.29, 1.82) is 0 Å². The summed E-state index contributed by atoms with van der Waals surface area (Å²) in [5, 5.41) is 5.40. The highest BCUT2D eigenvalue weighted by atomic mass is 16.2. The number of urea groups is 1. The number of hydrogen-bond donors (Lipinski definition) is 2. The first kappa shape index (κ1) is 11.6. The minimum absolute atomic E-state index is 0.0442. The summed E-state index contributed by atoms with van der Waals surface area (Å²) in [5.74, 6) is -0.0747. The van der Waals surface area contributed by atoms with Crippen LogP contribution in [-0.4, -0.2) is 24.4 Å². The normalized spacial score (nSPS) is 14.8. The topological polar surface area (TPSA) is 58.2 Å². The van der Waals surface area contributed by atoms with Crippen LogP contribution in [-0.2, 0) is 0 Å². The number of benzene rings is 1. The molecule has 0 atom stereocenters. The fourth-order valence-electron chi connectivity index (χ4n) is 1.68. The van der Waals surface area contributed by atoms with Crippen molar-refractivity contribution in [2.24, 2.45) is 0 Å². The number of hydrogen-bond acceptors (Lipinski definition) is 2. The molecule has 1 aliphatic rings. The first-order valence-electron chi connectivity index (χ1n) is 5.88. The molecule has 0 radical (unpaired) electrons. The molecule has 0 heterocycles. The van der Waals surface area contributed by atoms with E-state index in [0.717, 1.165) is 12.8 Å². The fraction of sp³-hybridized carbons (Fsp3) is 0.385. The summed E-state index contributed by atoms with van der Waals surface area (Å²) in [6.07, 6.45) is 3.26. The van der Waals surface area contributed by atoms with Crippen molar-refractivity contribution in [3.05, 3.63) is 35.9 Å². The Hall–Kier alpha value is -1.84. The van der Waals surface area contributed by atoms with Crippen LogP contribution in [0.25, 0.3) is 0 Å². The zero-order valence-electron chi connectivity index (χ0n) is 9.61. The van der Waals surface area contributed by atoms with Crippen LogP contribution in [0.3, 0.4) is 0 Å². The van der Waals surface area contributed by atoms with Gasteiger partial charge in [-0.3, -0.25) is 4.79 Å². The Morgan fingerprint density at radius 2 is 1.88 bits per heavy atom. The Bertz CT molecular complexity index is 399. The van der Waals surface area contributed by atoms with Crippen molar-refractivity contribution in [2.45, 2.75) is 25.3 Å². The van der Waals surface area contributed by atoms with E-state index < -0.39 is 0 Å². The molecular formula is C13H16N2O2. The monoisotopic (exact) mass is 232 g/mol. The number of Topliss-reactive ketones (excluding diaryl/α,β-unsaturated/α-hetero) is 1. The Morgan fingerprint density at radius 3 is 2.47 bits per heavy atom. The van der Waals surface area contributed by atoms with E-state index in [2.05, 4.69) is 10.6 Å². The van der Waals surface area contributed by atoms with Gasteiger partial charge in [0.2, 0.25) is 0 Å². The predicted molar refractivity (Wildman–Crippen MR) is 64.9 cm³/mol. The standard InChI is InChI=1S/C13H16N2O2/c16-12(10-5-2-1-3-6-10)9-14-13(17)15-11-7-4-8-11/h1-3,5-6,11H,4,7-9H2,(H2,14,15,17). The first-order valence-corrected chi connectivity index (χ1v) is 5.88. The van der Waals surface area contributed by atoms with E-state index in [1.54, 1.807) is 12.1 Å². The number of carbonyl (C=O) groups excluding carboxylic acids is 2. The van der Waals surface area contributed by atoms with Gasteiger partial charge >= 0.3 is 6.03 Å². The Morgan fingerprint density at radius 1 is 1.18 bits per heavy atom. The summed E-state index contributed by atoms with van der Waals surface area (Å²) < 4.78 is 0. The molecule has 90 valence electrons. The molecule has 2 rings (SSSR count). The summed E-state index contributed by atoms with van der Waals surface area (Å²) in [5.41, 5.74) is 0.622. The van der Waals surface area contributed by atoms with Gasteiger partial charge < -0.3 is 10.6 Å². The van der Waals surface area contributed by atoms with Gasteiger partial charge in [-0.25, -0.2) is 4.79 Å². The molecule has 0 aromatic heterocycles. The van der Waals surface area contributed by atoms with Gasteiger partial charge in [-0.15, -0.1) is 0 Å². The summed E-state index contributed by atoms with van der Waals surface area (Å²) >= 11 is 0. The molecule has 0 aliphatic heterocycles. The lowest BCUT2D eigenvalue weighted by Gasteiger charge is -2.26. The molecule has 2 amide bonds. The van der Waals surface area contributed by atoms with Crippen LogP contribution >= 0.6 is 0 Å². The number of rotatable bonds is 4. The van der Waals surface area contributed by atoms with Crippen LogP contribution in [0.15, 0.2) is 30.3 Å². The quantitative estimate of drug-likeness (QED) is 0.776. The number of amides is 2. The third-order valence-corrected chi connectivity index (χ3v) is 2.95. The highest BCUT2D eigenvalue weighted by molar-refractivity contribution is 5.99. The van der Waals surface area contributed by atoms with E-state index in [9.17, 15) is 9.59 Å². The molecule has 4 nitrogen and oxygen atoms in total. The maximum absolute atomic E-state index is 11.7. The SMILES string of the molecule is O=C(NCC(=O)c1ccccc1)NC1CCC1. The number of ketones is 1. The van der Waals surface area contributed by atoms with E-state index in [0.29, 0.717) is 11.6 Å². The lowest BCUT2D eigenvalue weighted by atomic mass is 9.93. The van der Waals surface area contributed by atoms with Crippen molar-refractivity contribution >= 4 is 11.8 Å². The molecular weight excluding hydrogens is 216 g/mol. The molecule has 0 spiro atoms. The molecule has 4 heteroatoms.